The number of benzene rings is 1. The third kappa shape index (κ3) is 3.80. The molecule has 1 aromatic carbocycles. The number of rotatable bonds is 6. The lowest BCUT2D eigenvalue weighted by molar-refractivity contribution is -0.120. The third-order valence-electron chi connectivity index (χ3n) is 3.16. The molecule has 0 bridgehead atoms. The minimum absolute atomic E-state index is 0.176. The van der Waals surface area contributed by atoms with Crippen LogP contribution in [0, 0.1) is 5.82 Å². The first-order valence-corrected chi connectivity index (χ1v) is 8.02. The highest BCUT2D eigenvalue weighted by molar-refractivity contribution is 8.00. The Hall–Kier alpha value is -2.68. The van der Waals surface area contributed by atoms with E-state index in [2.05, 4.69) is 20.8 Å². The summed E-state index contributed by atoms with van der Waals surface area (Å²) in [6.07, 6.45) is 1.55. The van der Waals surface area contributed by atoms with E-state index in [1.54, 1.807) is 37.5 Å². The number of amides is 1. The number of furan rings is 1. The minimum Gasteiger partial charge on any atom is -0.467 e. The first-order valence-electron chi connectivity index (χ1n) is 7.14. The van der Waals surface area contributed by atoms with E-state index >= 15 is 0 Å². The minimum atomic E-state index is -0.432. The van der Waals surface area contributed by atoms with E-state index in [1.165, 1.54) is 28.6 Å². The second-order valence-corrected chi connectivity index (χ2v) is 6.22. The van der Waals surface area contributed by atoms with E-state index in [4.69, 9.17) is 4.42 Å². The predicted molar refractivity (Wildman–Crippen MR) is 85.0 cm³/mol. The van der Waals surface area contributed by atoms with Crippen molar-refractivity contribution < 1.29 is 13.6 Å². The first kappa shape index (κ1) is 16.2. The van der Waals surface area contributed by atoms with Gasteiger partial charge in [0.05, 0.1) is 23.7 Å². The zero-order valence-corrected chi connectivity index (χ0v) is 13.5. The number of carbonyl (C=O) groups is 1. The Labute approximate surface area is 141 Å². The highest BCUT2D eigenvalue weighted by atomic mass is 32.2. The molecular formula is C15H14FN5O2S. The summed E-state index contributed by atoms with van der Waals surface area (Å²) in [5, 5.41) is 14.1. The molecule has 3 aromatic rings. The van der Waals surface area contributed by atoms with Gasteiger partial charge in [-0.1, -0.05) is 17.8 Å². The highest BCUT2D eigenvalue weighted by Crippen LogP contribution is 2.23. The molecule has 0 spiro atoms. The van der Waals surface area contributed by atoms with Crippen molar-refractivity contribution in [2.75, 3.05) is 0 Å². The van der Waals surface area contributed by atoms with Gasteiger partial charge in [0.25, 0.3) is 0 Å². The molecule has 0 radical (unpaired) electrons. The van der Waals surface area contributed by atoms with E-state index < -0.39 is 5.25 Å². The van der Waals surface area contributed by atoms with E-state index in [9.17, 15) is 9.18 Å². The first-order chi connectivity index (χ1) is 11.6. The molecular weight excluding hydrogens is 333 g/mol. The Morgan fingerprint density at radius 3 is 3.04 bits per heavy atom. The molecule has 0 unspecified atom stereocenters. The van der Waals surface area contributed by atoms with Crippen LogP contribution < -0.4 is 5.32 Å². The molecule has 0 saturated carbocycles. The van der Waals surface area contributed by atoms with Crippen LogP contribution in [-0.2, 0) is 11.3 Å². The Morgan fingerprint density at radius 1 is 1.42 bits per heavy atom. The van der Waals surface area contributed by atoms with Crippen LogP contribution >= 0.6 is 11.8 Å². The van der Waals surface area contributed by atoms with Gasteiger partial charge in [0.1, 0.15) is 11.6 Å². The van der Waals surface area contributed by atoms with Gasteiger partial charge in [0.15, 0.2) is 0 Å². The summed E-state index contributed by atoms with van der Waals surface area (Å²) < 4.78 is 19.9. The second kappa shape index (κ2) is 7.26. The molecule has 1 atom stereocenters. The van der Waals surface area contributed by atoms with Gasteiger partial charge in [0, 0.05) is 0 Å². The molecule has 124 valence electrons. The lowest BCUT2D eigenvalue weighted by Gasteiger charge is -2.11. The number of tetrazole rings is 1. The van der Waals surface area contributed by atoms with Crippen molar-refractivity contribution in [2.45, 2.75) is 23.9 Å². The number of aromatic nitrogens is 4. The monoisotopic (exact) mass is 347 g/mol. The maximum Gasteiger partial charge on any atom is 0.233 e. The fraction of sp³-hybridized carbons (Fsp3) is 0.200. The largest absolute Gasteiger partial charge is 0.467 e. The van der Waals surface area contributed by atoms with Gasteiger partial charge in [-0.25, -0.2) is 4.39 Å². The molecule has 1 amide bonds. The number of nitrogens with zero attached hydrogens (tertiary/aromatic N) is 4. The van der Waals surface area contributed by atoms with Crippen LogP contribution in [0.2, 0.25) is 0 Å². The lowest BCUT2D eigenvalue weighted by atomic mass is 10.3. The molecule has 7 nitrogen and oxygen atoms in total. The summed E-state index contributed by atoms with van der Waals surface area (Å²) in [7, 11) is 0. The van der Waals surface area contributed by atoms with Crippen LogP contribution in [-0.4, -0.2) is 31.4 Å². The Morgan fingerprint density at radius 2 is 2.29 bits per heavy atom. The van der Waals surface area contributed by atoms with E-state index in [-0.39, 0.29) is 11.7 Å². The quantitative estimate of drug-likeness (QED) is 0.688. The molecule has 9 heteroatoms. The van der Waals surface area contributed by atoms with Crippen LogP contribution in [0.15, 0.2) is 52.2 Å². The topological polar surface area (TPSA) is 85.8 Å². The highest BCUT2D eigenvalue weighted by Gasteiger charge is 2.19. The fourth-order valence-electron chi connectivity index (χ4n) is 1.97. The average Bonchev–Trinajstić information content (AvgIpc) is 3.24. The summed E-state index contributed by atoms with van der Waals surface area (Å²) in [4.78, 5) is 12.2. The van der Waals surface area contributed by atoms with Gasteiger partial charge in [-0.2, -0.15) is 4.68 Å². The number of hydrogen-bond acceptors (Lipinski definition) is 6. The van der Waals surface area contributed by atoms with Gasteiger partial charge in [-0.15, -0.1) is 5.10 Å². The SMILES string of the molecule is C[C@H](Sc1nnnn1-c1cccc(F)c1)C(=O)NCc1ccco1. The van der Waals surface area contributed by atoms with Crippen LogP contribution in [0.3, 0.4) is 0 Å². The predicted octanol–water partition coefficient (Wildman–Crippen LogP) is 2.19. The van der Waals surface area contributed by atoms with Crippen LogP contribution in [0.5, 0.6) is 0 Å². The van der Waals surface area contributed by atoms with Crippen LogP contribution in [0.25, 0.3) is 5.69 Å². The van der Waals surface area contributed by atoms with Crippen molar-refractivity contribution in [2.24, 2.45) is 0 Å². The normalized spacial score (nSPS) is 12.1. The van der Waals surface area contributed by atoms with E-state index in [1.807, 2.05) is 0 Å². The molecule has 0 saturated heterocycles. The second-order valence-electron chi connectivity index (χ2n) is 4.91. The number of halogens is 1. The Bertz CT molecular complexity index is 821. The van der Waals surface area contributed by atoms with Gasteiger partial charge in [-0.05, 0) is 47.7 Å². The van der Waals surface area contributed by atoms with Gasteiger partial charge < -0.3 is 9.73 Å². The Kier molecular flexibility index (Phi) is 4.90. The lowest BCUT2D eigenvalue weighted by Crippen LogP contribution is -2.30. The summed E-state index contributed by atoms with van der Waals surface area (Å²) >= 11 is 1.18. The maximum atomic E-state index is 13.4. The van der Waals surface area contributed by atoms with Gasteiger partial charge >= 0.3 is 0 Å². The smallest absolute Gasteiger partial charge is 0.233 e. The molecule has 3 rings (SSSR count). The molecule has 2 aromatic heterocycles. The number of nitrogens with one attached hydrogen (secondary N) is 1. The van der Waals surface area contributed by atoms with Gasteiger partial charge in [-0.3, -0.25) is 4.79 Å². The molecule has 0 aliphatic carbocycles. The van der Waals surface area contributed by atoms with E-state index in [0.29, 0.717) is 23.1 Å². The maximum absolute atomic E-state index is 13.4. The summed E-state index contributed by atoms with van der Waals surface area (Å²) in [6, 6.07) is 9.45. The molecule has 24 heavy (non-hydrogen) atoms. The summed E-state index contributed by atoms with van der Waals surface area (Å²) in [5.41, 5.74) is 0.491. The van der Waals surface area contributed by atoms with Crippen molar-refractivity contribution in [1.82, 2.24) is 25.5 Å². The summed E-state index contributed by atoms with van der Waals surface area (Å²) in [6.45, 7) is 2.05. The standard InChI is InChI=1S/C15H14FN5O2S/c1-10(14(22)17-9-13-6-3-7-23-13)24-15-18-19-20-21(15)12-5-2-4-11(16)8-12/h2-8,10H,9H2,1H3,(H,17,22)/t10-/m0/s1. The van der Waals surface area contributed by atoms with Crippen molar-refractivity contribution in [3.8, 4) is 5.69 Å². The van der Waals surface area contributed by atoms with Crippen molar-refractivity contribution in [3.63, 3.8) is 0 Å². The van der Waals surface area contributed by atoms with E-state index in [0.717, 1.165) is 0 Å². The molecule has 0 aliphatic heterocycles. The molecule has 0 fully saturated rings. The number of carbonyl (C=O) groups excluding carboxylic acids is 1. The fourth-order valence-corrected chi connectivity index (χ4v) is 2.80. The molecule has 1 N–H and O–H groups in total. The van der Waals surface area contributed by atoms with Crippen LogP contribution in [0.4, 0.5) is 4.39 Å². The third-order valence-corrected chi connectivity index (χ3v) is 4.20. The average molecular weight is 347 g/mol. The zero-order chi connectivity index (χ0) is 16.9. The number of thioether (sulfide) groups is 1. The summed E-state index contributed by atoms with van der Waals surface area (Å²) in [5.74, 6) is 0.110. The Balaban J connectivity index is 1.65. The van der Waals surface area contributed by atoms with Crippen molar-refractivity contribution >= 4 is 17.7 Å². The molecule has 0 aliphatic rings. The van der Waals surface area contributed by atoms with Crippen LogP contribution in [0.1, 0.15) is 12.7 Å². The molecule has 2 heterocycles. The zero-order valence-electron chi connectivity index (χ0n) is 12.7. The van der Waals surface area contributed by atoms with Crippen molar-refractivity contribution in [3.05, 3.63) is 54.2 Å². The van der Waals surface area contributed by atoms with Crippen molar-refractivity contribution in [1.29, 1.82) is 0 Å². The number of hydrogen-bond donors (Lipinski definition) is 1. The van der Waals surface area contributed by atoms with Gasteiger partial charge in [0.2, 0.25) is 11.1 Å².